The van der Waals surface area contributed by atoms with Crippen LogP contribution in [-0.2, 0) is 51.2 Å². The Kier molecular flexibility index (Phi) is 21.5. The number of methoxy groups -OCH3 is 1. The number of hydrogen-bond donors (Lipinski definition) is 3. The van der Waals surface area contributed by atoms with Gasteiger partial charge in [0, 0.05) is 67.0 Å². The van der Waals surface area contributed by atoms with Crippen LogP contribution in [0.4, 0.5) is 10.5 Å². The van der Waals surface area contributed by atoms with Crippen LogP contribution in [0.15, 0.2) is 48.5 Å². The highest BCUT2D eigenvalue weighted by Gasteiger charge is 2.30. The van der Waals surface area contributed by atoms with Crippen LogP contribution in [0.1, 0.15) is 93.1 Å². The molecule has 360 valence electrons. The maximum atomic E-state index is 14.0. The highest BCUT2D eigenvalue weighted by molar-refractivity contribution is 6.00. The van der Waals surface area contributed by atoms with E-state index in [0.29, 0.717) is 64.0 Å². The Hall–Kier alpha value is -4.74. The molecule has 3 amide bonds. The second kappa shape index (κ2) is 26.4. The number of amides is 3. The summed E-state index contributed by atoms with van der Waals surface area (Å²) >= 11 is 0. The van der Waals surface area contributed by atoms with Crippen molar-refractivity contribution in [3.63, 3.8) is 0 Å². The molecule has 1 unspecified atom stereocenters. The molecule has 0 fully saturated rings. The van der Waals surface area contributed by atoms with Gasteiger partial charge in [0.25, 0.3) is 0 Å². The predicted octanol–water partition coefficient (Wildman–Crippen LogP) is 6.59. The van der Waals surface area contributed by atoms with Gasteiger partial charge in [-0.05, 0) is 30.9 Å². The number of benzene rings is 2. The predicted molar refractivity (Wildman–Crippen MR) is 251 cm³/mol. The zero-order valence-electron chi connectivity index (χ0n) is 40.3. The van der Waals surface area contributed by atoms with Gasteiger partial charge in [-0.2, -0.15) is 0 Å². The molecule has 1 aromatic heterocycles. The molecule has 0 saturated heterocycles. The molecule has 3 aromatic rings. The number of alkyl carbamates (subject to hydrolysis) is 1. The molecule has 1 aliphatic rings. The summed E-state index contributed by atoms with van der Waals surface area (Å²) in [5.74, 6) is -0.181. The number of aromatic nitrogens is 3. The number of rotatable bonds is 29. The molecule has 0 spiro atoms. The second-order valence-electron chi connectivity index (χ2n) is 18.9. The third-order valence-corrected chi connectivity index (χ3v) is 10.8. The van der Waals surface area contributed by atoms with Gasteiger partial charge in [0.15, 0.2) is 5.78 Å². The van der Waals surface area contributed by atoms with Crippen LogP contribution in [0.2, 0.25) is 0 Å². The Labute approximate surface area is 386 Å². The maximum absolute atomic E-state index is 14.0. The molecular formula is C49H75N7O9. The average Bonchev–Trinajstić information content (AvgIpc) is 3.67. The highest BCUT2D eigenvalue weighted by Crippen LogP contribution is 2.41. The zero-order valence-corrected chi connectivity index (χ0v) is 40.3. The number of ether oxygens (including phenoxy) is 5. The lowest BCUT2D eigenvalue weighted by Crippen LogP contribution is -2.42. The number of nitrogens with one attached hydrogen (secondary N) is 3. The van der Waals surface area contributed by atoms with E-state index in [4.69, 9.17) is 23.7 Å². The van der Waals surface area contributed by atoms with E-state index in [-0.39, 0.29) is 92.1 Å². The van der Waals surface area contributed by atoms with E-state index in [0.717, 1.165) is 35.2 Å². The molecule has 0 bridgehead atoms. The summed E-state index contributed by atoms with van der Waals surface area (Å²) in [7, 11) is 1.65. The van der Waals surface area contributed by atoms with E-state index in [2.05, 4.69) is 54.0 Å². The van der Waals surface area contributed by atoms with E-state index < -0.39 is 6.09 Å². The molecule has 0 aliphatic carbocycles. The molecule has 3 N–H and O–H groups in total. The van der Waals surface area contributed by atoms with Crippen LogP contribution < -0.4 is 20.9 Å². The number of unbranched alkanes of at least 4 members (excludes halogenated alkanes) is 1. The summed E-state index contributed by atoms with van der Waals surface area (Å²) in [5.41, 5.74) is 4.16. The van der Waals surface area contributed by atoms with Gasteiger partial charge in [-0.25, -0.2) is 9.48 Å². The SMILES string of the molecule is COCCOCC(C)(C)COCC(C)(C)COCCC(=O)NCCC(=O)N1Cc2ccccc2-c2c(nnn2CCOC(=O)NCCCCC(NC(C)C)C(=O)C(C)C)-c2ccccc21. The standard InChI is InChI=1S/C49H75N7O9/c1-35(2)46(59)40(52-36(3)4)19-14-15-23-51-47(60)65-27-25-56-45-38-17-11-10-16-37(38)30-55(41-20-13-12-18-39(41)44(45)53-54-56)43(58)21-24-50-42(57)22-26-62-31-48(5,6)33-64-34-49(7,8)32-63-29-28-61-9/h10-13,16-18,20,35-36,40,52H,14-15,19,21-34H2,1-9H3,(H,50,57)(H,51,60). The first kappa shape index (κ1) is 52.9. The molecule has 65 heavy (non-hydrogen) atoms. The smallest absolute Gasteiger partial charge is 0.407 e. The van der Waals surface area contributed by atoms with Crippen molar-refractivity contribution >= 4 is 29.4 Å². The third-order valence-electron chi connectivity index (χ3n) is 10.8. The first-order valence-corrected chi connectivity index (χ1v) is 23.1. The second-order valence-corrected chi connectivity index (χ2v) is 18.9. The minimum Gasteiger partial charge on any atom is -0.448 e. The molecule has 16 heteroatoms. The van der Waals surface area contributed by atoms with Crippen molar-refractivity contribution in [3.05, 3.63) is 54.1 Å². The number of carbonyl (C=O) groups excluding carboxylic acids is 4. The Balaban J connectivity index is 1.26. The fraction of sp³-hybridized carbons (Fsp3) is 0.633. The van der Waals surface area contributed by atoms with Crippen LogP contribution in [0, 0.1) is 16.7 Å². The number of ketones is 1. The van der Waals surface area contributed by atoms with Crippen molar-refractivity contribution in [1.29, 1.82) is 0 Å². The number of anilines is 1. The number of fused-ring (bicyclic) bond motifs is 5. The molecule has 0 radical (unpaired) electrons. The molecule has 0 saturated carbocycles. The Morgan fingerprint density at radius 2 is 1.42 bits per heavy atom. The first-order chi connectivity index (χ1) is 31.0. The maximum Gasteiger partial charge on any atom is 0.407 e. The molecule has 1 aliphatic heterocycles. The molecule has 4 rings (SSSR count). The van der Waals surface area contributed by atoms with Crippen molar-refractivity contribution in [2.45, 2.75) is 113 Å². The Bertz CT molecular complexity index is 1960. The number of nitrogens with zero attached hydrogens (tertiary/aromatic N) is 4. The van der Waals surface area contributed by atoms with E-state index >= 15 is 0 Å². The fourth-order valence-electron chi connectivity index (χ4n) is 7.47. The van der Waals surface area contributed by atoms with Gasteiger partial charge in [-0.15, -0.1) is 5.10 Å². The van der Waals surface area contributed by atoms with E-state index in [1.807, 2.05) is 76.2 Å². The summed E-state index contributed by atoms with van der Waals surface area (Å²) in [6.07, 6.45) is 1.95. The highest BCUT2D eigenvalue weighted by atomic mass is 16.5. The number of carbonyl (C=O) groups is 4. The van der Waals surface area contributed by atoms with E-state index in [9.17, 15) is 19.2 Å². The molecular weight excluding hydrogens is 831 g/mol. The van der Waals surface area contributed by atoms with Crippen molar-refractivity contribution in [2.24, 2.45) is 16.7 Å². The van der Waals surface area contributed by atoms with Crippen LogP contribution in [-0.4, -0.2) is 124 Å². The minimum absolute atomic E-state index is 0.0422. The minimum atomic E-state index is -0.523. The normalized spacial score (nSPS) is 13.1. The lowest BCUT2D eigenvalue weighted by atomic mass is 9.94. The summed E-state index contributed by atoms with van der Waals surface area (Å²) in [6.45, 7) is 20.9. The lowest BCUT2D eigenvalue weighted by Gasteiger charge is -2.29. The number of hydrogen-bond acceptors (Lipinski definition) is 12. The molecule has 2 heterocycles. The van der Waals surface area contributed by atoms with Gasteiger partial charge in [-0.1, -0.05) is 103 Å². The van der Waals surface area contributed by atoms with E-state index in [1.165, 1.54) is 0 Å². The first-order valence-electron chi connectivity index (χ1n) is 23.1. The van der Waals surface area contributed by atoms with Crippen molar-refractivity contribution < 1.29 is 42.9 Å². The van der Waals surface area contributed by atoms with Gasteiger partial charge in [0.2, 0.25) is 11.8 Å². The van der Waals surface area contributed by atoms with Gasteiger partial charge in [0.05, 0.1) is 76.8 Å². The van der Waals surface area contributed by atoms with Crippen molar-refractivity contribution in [1.82, 2.24) is 30.9 Å². The summed E-state index contributed by atoms with van der Waals surface area (Å²) < 4.78 is 29.9. The lowest BCUT2D eigenvalue weighted by molar-refractivity contribution is -0.124. The molecule has 2 aromatic carbocycles. The number of para-hydroxylation sites is 1. The van der Waals surface area contributed by atoms with E-state index in [1.54, 1.807) is 16.7 Å². The number of Topliss-reactive ketones (excluding diaryl/α,β-unsaturated/α-hetero) is 1. The summed E-state index contributed by atoms with van der Waals surface area (Å²) in [5, 5.41) is 18.2. The average molecular weight is 906 g/mol. The largest absolute Gasteiger partial charge is 0.448 e. The third kappa shape index (κ3) is 17.5. The van der Waals surface area contributed by atoms with Crippen LogP contribution >= 0.6 is 0 Å². The monoisotopic (exact) mass is 906 g/mol. The van der Waals surface area contributed by atoms with Crippen LogP contribution in [0.3, 0.4) is 0 Å². The summed E-state index contributed by atoms with van der Waals surface area (Å²) in [4.78, 5) is 53.8. The molecule has 1 atom stereocenters. The quantitative estimate of drug-likeness (QED) is 0.0636. The Morgan fingerprint density at radius 3 is 2.11 bits per heavy atom. The van der Waals surface area contributed by atoms with Crippen molar-refractivity contribution in [2.75, 3.05) is 78.0 Å². The molecule has 16 nitrogen and oxygen atoms in total. The van der Waals surface area contributed by atoms with Crippen LogP contribution in [0.5, 0.6) is 0 Å². The summed E-state index contributed by atoms with van der Waals surface area (Å²) in [6, 6.07) is 15.4. The topological polar surface area (TPSA) is 184 Å². The van der Waals surface area contributed by atoms with Gasteiger partial charge >= 0.3 is 6.09 Å². The van der Waals surface area contributed by atoms with Gasteiger partial charge < -0.3 is 44.5 Å². The van der Waals surface area contributed by atoms with Gasteiger partial charge in [-0.3, -0.25) is 14.4 Å². The Morgan fingerprint density at radius 1 is 0.754 bits per heavy atom. The van der Waals surface area contributed by atoms with Crippen molar-refractivity contribution in [3.8, 4) is 22.5 Å². The fourth-order valence-corrected chi connectivity index (χ4v) is 7.47. The van der Waals surface area contributed by atoms with Crippen LogP contribution in [0.25, 0.3) is 22.5 Å². The van der Waals surface area contributed by atoms with Gasteiger partial charge in [0.1, 0.15) is 12.3 Å². The zero-order chi connectivity index (χ0) is 47.4.